The van der Waals surface area contributed by atoms with Gasteiger partial charge in [-0.05, 0) is 25.3 Å². The van der Waals surface area contributed by atoms with Crippen LogP contribution in [0.3, 0.4) is 0 Å². The van der Waals surface area contributed by atoms with Gasteiger partial charge in [0, 0.05) is 13.6 Å². The number of carboxylic acid groups (broad SMARTS) is 1. The van der Waals surface area contributed by atoms with E-state index >= 15 is 0 Å². The summed E-state index contributed by atoms with van der Waals surface area (Å²) in [5.41, 5.74) is 1.41. The fraction of sp³-hybridized carbons (Fsp3) is 0.385. The lowest BCUT2D eigenvalue weighted by molar-refractivity contribution is -0.129. The second-order valence-corrected chi connectivity index (χ2v) is 3.96. The maximum absolute atomic E-state index is 10.6. The van der Waals surface area contributed by atoms with Crippen LogP contribution in [-0.4, -0.2) is 35.4 Å². The lowest BCUT2D eigenvalue weighted by Gasteiger charge is -2.13. The molecule has 1 rings (SSSR count). The molecular formula is C13H18N2O2. The minimum absolute atomic E-state index is 0.118. The number of hydrogen-bond donors (Lipinski definition) is 1. The van der Waals surface area contributed by atoms with Crippen LogP contribution in [0.15, 0.2) is 35.4 Å². The van der Waals surface area contributed by atoms with E-state index in [1.165, 1.54) is 12.5 Å². The minimum Gasteiger partial charge on any atom is -0.477 e. The number of nitrogens with zero attached hydrogens (tertiary/aromatic N) is 2. The molecule has 0 spiro atoms. The molecule has 0 amide bonds. The number of hydrogen-bond acceptors (Lipinski definition) is 3. The molecule has 17 heavy (non-hydrogen) atoms. The maximum Gasteiger partial charge on any atom is 0.351 e. The minimum atomic E-state index is -0.972. The summed E-state index contributed by atoms with van der Waals surface area (Å²) in [6.07, 6.45) is 1.93. The zero-order valence-corrected chi connectivity index (χ0v) is 10.3. The van der Waals surface area contributed by atoms with Gasteiger partial charge in [-0.15, -0.1) is 0 Å². The summed E-state index contributed by atoms with van der Waals surface area (Å²) in [5, 5.41) is 14.3. The van der Waals surface area contributed by atoms with Gasteiger partial charge in [0.25, 0.3) is 0 Å². The first-order chi connectivity index (χ1) is 8.09. The van der Waals surface area contributed by atoms with Crippen molar-refractivity contribution >= 4 is 11.7 Å². The summed E-state index contributed by atoms with van der Waals surface area (Å²) in [7, 11) is 1.79. The van der Waals surface area contributed by atoms with Gasteiger partial charge in [0.1, 0.15) is 5.71 Å². The molecule has 4 heteroatoms. The molecular weight excluding hydrogens is 216 g/mol. The predicted octanol–water partition coefficient (Wildman–Crippen LogP) is 2.01. The third-order valence-electron chi connectivity index (χ3n) is 2.42. The van der Waals surface area contributed by atoms with Gasteiger partial charge in [-0.3, -0.25) is 5.01 Å². The van der Waals surface area contributed by atoms with Crippen molar-refractivity contribution in [2.24, 2.45) is 5.10 Å². The van der Waals surface area contributed by atoms with Crippen molar-refractivity contribution in [3.05, 3.63) is 35.9 Å². The third kappa shape index (κ3) is 5.15. The standard InChI is InChI=1S/C13H18N2O2/c1-11(13(16)17)14-15(2)10-6-9-12-7-4-3-5-8-12/h3-5,7-8H,6,9-10H2,1-2H3,(H,16,17). The van der Waals surface area contributed by atoms with Crippen LogP contribution < -0.4 is 0 Å². The highest BCUT2D eigenvalue weighted by atomic mass is 16.4. The van der Waals surface area contributed by atoms with Crippen LogP contribution in [0.4, 0.5) is 0 Å². The molecule has 92 valence electrons. The number of aryl methyl sites for hydroxylation is 1. The van der Waals surface area contributed by atoms with Crippen LogP contribution in [0.1, 0.15) is 18.9 Å². The summed E-state index contributed by atoms with van der Waals surface area (Å²) < 4.78 is 0. The molecule has 0 aliphatic carbocycles. The SMILES string of the molecule is CC(=NN(C)CCCc1ccccc1)C(=O)O. The van der Waals surface area contributed by atoms with Crippen LogP contribution in [0.5, 0.6) is 0 Å². The van der Waals surface area contributed by atoms with E-state index in [4.69, 9.17) is 5.11 Å². The topological polar surface area (TPSA) is 52.9 Å². The molecule has 0 saturated carbocycles. The predicted molar refractivity (Wildman–Crippen MR) is 68.1 cm³/mol. The van der Waals surface area contributed by atoms with Crippen LogP contribution in [-0.2, 0) is 11.2 Å². The smallest absolute Gasteiger partial charge is 0.351 e. The van der Waals surface area contributed by atoms with Crippen molar-refractivity contribution in [3.63, 3.8) is 0 Å². The molecule has 0 aliphatic heterocycles. The number of benzene rings is 1. The van der Waals surface area contributed by atoms with Crippen molar-refractivity contribution in [2.45, 2.75) is 19.8 Å². The van der Waals surface area contributed by atoms with Crippen molar-refractivity contribution in [2.75, 3.05) is 13.6 Å². The fourth-order valence-electron chi connectivity index (χ4n) is 1.51. The summed E-state index contributed by atoms with van der Waals surface area (Å²) >= 11 is 0. The summed E-state index contributed by atoms with van der Waals surface area (Å²) in [6.45, 7) is 2.25. The molecule has 4 nitrogen and oxygen atoms in total. The third-order valence-corrected chi connectivity index (χ3v) is 2.42. The molecule has 0 heterocycles. The Kier molecular flexibility index (Phi) is 5.20. The Morgan fingerprint density at radius 3 is 2.59 bits per heavy atom. The summed E-state index contributed by atoms with van der Waals surface area (Å²) in [5.74, 6) is -0.972. The molecule has 0 radical (unpaired) electrons. The van der Waals surface area contributed by atoms with Gasteiger partial charge < -0.3 is 5.11 Å². The Morgan fingerprint density at radius 1 is 1.35 bits per heavy atom. The second kappa shape index (κ2) is 6.68. The second-order valence-electron chi connectivity index (χ2n) is 3.96. The first-order valence-electron chi connectivity index (χ1n) is 5.63. The number of carbonyl (C=O) groups is 1. The molecule has 0 saturated heterocycles. The molecule has 0 aliphatic rings. The van der Waals surface area contributed by atoms with Gasteiger partial charge in [-0.2, -0.15) is 5.10 Å². The van der Waals surface area contributed by atoms with Gasteiger partial charge in [0.2, 0.25) is 0 Å². The highest BCUT2D eigenvalue weighted by Gasteiger charge is 2.03. The zero-order chi connectivity index (χ0) is 12.7. The van der Waals surface area contributed by atoms with E-state index in [9.17, 15) is 4.79 Å². The number of carboxylic acids is 1. The quantitative estimate of drug-likeness (QED) is 0.605. The van der Waals surface area contributed by atoms with Crippen LogP contribution in [0, 0.1) is 0 Å². The normalized spacial score (nSPS) is 11.3. The number of aliphatic carboxylic acids is 1. The van der Waals surface area contributed by atoms with Crippen molar-refractivity contribution in [3.8, 4) is 0 Å². The fourth-order valence-corrected chi connectivity index (χ4v) is 1.51. The first-order valence-corrected chi connectivity index (χ1v) is 5.63. The molecule has 0 bridgehead atoms. The van der Waals surface area contributed by atoms with Gasteiger partial charge in [0.15, 0.2) is 0 Å². The highest BCUT2D eigenvalue weighted by molar-refractivity contribution is 6.34. The Hall–Kier alpha value is -1.84. The van der Waals surface area contributed by atoms with Gasteiger partial charge in [-0.25, -0.2) is 4.79 Å². The molecule has 1 N–H and O–H groups in total. The largest absolute Gasteiger partial charge is 0.477 e. The lowest BCUT2D eigenvalue weighted by atomic mass is 10.1. The van der Waals surface area contributed by atoms with E-state index < -0.39 is 5.97 Å². The summed E-state index contributed by atoms with van der Waals surface area (Å²) in [4.78, 5) is 10.6. The van der Waals surface area contributed by atoms with E-state index in [-0.39, 0.29) is 5.71 Å². The molecule has 0 atom stereocenters. The van der Waals surface area contributed by atoms with E-state index in [1.807, 2.05) is 18.2 Å². The maximum atomic E-state index is 10.6. The van der Waals surface area contributed by atoms with Crippen molar-refractivity contribution in [1.82, 2.24) is 5.01 Å². The Labute approximate surface area is 102 Å². The van der Waals surface area contributed by atoms with Crippen molar-refractivity contribution < 1.29 is 9.90 Å². The van der Waals surface area contributed by atoms with E-state index in [2.05, 4.69) is 17.2 Å². The van der Waals surface area contributed by atoms with E-state index in [1.54, 1.807) is 12.1 Å². The monoisotopic (exact) mass is 234 g/mol. The van der Waals surface area contributed by atoms with Gasteiger partial charge >= 0.3 is 5.97 Å². The van der Waals surface area contributed by atoms with Crippen LogP contribution in [0.25, 0.3) is 0 Å². The molecule has 1 aromatic rings. The number of rotatable bonds is 6. The molecule has 0 fully saturated rings. The lowest BCUT2D eigenvalue weighted by Crippen LogP contribution is -2.19. The van der Waals surface area contributed by atoms with Crippen LogP contribution in [0.2, 0.25) is 0 Å². The highest BCUT2D eigenvalue weighted by Crippen LogP contribution is 2.03. The zero-order valence-electron chi connectivity index (χ0n) is 10.3. The Balaban J connectivity index is 2.32. The van der Waals surface area contributed by atoms with Gasteiger partial charge in [-0.1, -0.05) is 30.3 Å². The Bertz CT molecular complexity index is 388. The molecule has 0 unspecified atom stereocenters. The number of hydrazone groups is 1. The summed E-state index contributed by atoms with van der Waals surface area (Å²) in [6, 6.07) is 10.2. The Morgan fingerprint density at radius 2 is 2.00 bits per heavy atom. The van der Waals surface area contributed by atoms with E-state index in [0.717, 1.165) is 19.4 Å². The van der Waals surface area contributed by atoms with E-state index in [0.29, 0.717) is 0 Å². The van der Waals surface area contributed by atoms with Gasteiger partial charge in [0.05, 0.1) is 0 Å². The first kappa shape index (κ1) is 13.2. The van der Waals surface area contributed by atoms with Crippen LogP contribution >= 0.6 is 0 Å². The molecule has 1 aromatic carbocycles. The molecule has 0 aromatic heterocycles. The average molecular weight is 234 g/mol. The van der Waals surface area contributed by atoms with Crippen molar-refractivity contribution in [1.29, 1.82) is 0 Å². The average Bonchev–Trinajstić information content (AvgIpc) is 2.30.